The number of benzene rings is 1. The molecule has 1 aromatic carbocycles. The van der Waals surface area contributed by atoms with Crippen molar-refractivity contribution in [1.29, 1.82) is 0 Å². The molecule has 2 nitrogen and oxygen atoms in total. The average Bonchev–Trinajstić information content (AvgIpc) is 2.15. The van der Waals surface area contributed by atoms with Gasteiger partial charge in [0, 0.05) is 5.56 Å². The molecular formula is C12H18O2. The second kappa shape index (κ2) is 5.01. The Bertz CT molecular complexity index is 292. The molecular weight excluding hydrogens is 176 g/mol. The van der Waals surface area contributed by atoms with E-state index >= 15 is 0 Å². The molecule has 78 valence electrons. The number of aryl methyl sites for hydroxylation is 1. The number of ether oxygens (including phenoxy) is 1. The highest BCUT2D eigenvalue weighted by Crippen LogP contribution is 2.26. The summed E-state index contributed by atoms with van der Waals surface area (Å²) in [7, 11) is 0. The van der Waals surface area contributed by atoms with Crippen LogP contribution in [0.5, 0.6) is 5.75 Å². The maximum atomic E-state index is 9.55. The number of aliphatic hydroxyl groups excluding tert-OH is 1. The Morgan fingerprint density at radius 2 is 2.14 bits per heavy atom. The monoisotopic (exact) mass is 194 g/mol. The van der Waals surface area contributed by atoms with Gasteiger partial charge < -0.3 is 9.84 Å². The summed E-state index contributed by atoms with van der Waals surface area (Å²) in [5.41, 5.74) is 2.02. The molecule has 0 aliphatic carbocycles. The Morgan fingerprint density at radius 3 is 2.71 bits per heavy atom. The van der Waals surface area contributed by atoms with Crippen LogP contribution in [0, 0.1) is 6.92 Å². The molecule has 0 aromatic heterocycles. The third-order valence-corrected chi connectivity index (χ3v) is 2.08. The minimum Gasteiger partial charge on any atom is -0.493 e. The van der Waals surface area contributed by atoms with Crippen LogP contribution in [0.15, 0.2) is 18.2 Å². The van der Waals surface area contributed by atoms with Gasteiger partial charge >= 0.3 is 0 Å². The molecule has 0 radical (unpaired) electrons. The third-order valence-electron chi connectivity index (χ3n) is 2.08. The zero-order valence-corrected chi connectivity index (χ0v) is 9.08. The standard InChI is InChI=1S/C12H18O2/c1-4-7-14-12-6-5-9(2)8-11(12)10(3)13/h5-6,8,10,13H,4,7H2,1-3H3/t10-/m0/s1. The minimum atomic E-state index is -0.471. The van der Waals surface area contributed by atoms with E-state index in [1.807, 2.05) is 25.1 Å². The molecule has 1 atom stereocenters. The molecule has 0 spiro atoms. The zero-order valence-electron chi connectivity index (χ0n) is 9.08. The van der Waals surface area contributed by atoms with Crippen molar-refractivity contribution in [3.8, 4) is 5.75 Å². The van der Waals surface area contributed by atoms with Gasteiger partial charge in [0.05, 0.1) is 12.7 Å². The normalized spacial score (nSPS) is 12.6. The van der Waals surface area contributed by atoms with E-state index in [-0.39, 0.29) is 0 Å². The highest BCUT2D eigenvalue weighted by Gasteiger charge is 2.08. The summed E-state index contributed by atoms with van der Waals surface area (Å²) >= 11 is 0. The lowest BCUT2D eigenvalue weighted by Crippen LogP contribution is -2.01. The fourth-order valence-corrected chi connectivity index (χ4v) is 1.34. The molecule has 0 fully saturated rings. The maximum Gasteiger partial charge on any atom is 0.125 e. The first-order valence-corrected chi connectivity index (χ1v) is 5.06. The molecule has 0 aliphatic rings. The summed E-state index contributed by atoms with van der Waals surface area (Å²) in [6.45, 7) is 6.53. The fraction of sp³-hybridized carbons (Fsp3) is 0.500. The average molecular weight is 194 g/mol. The summed E-state index contributed by atoms with van der Waals surface area (Å²) in [6, 6.07) is 5.89. The molecule has 0 unspecified atom stereocenters. The Kier molecular flexibility index (Phi) is 3.96. The van der Waals surface area contributed by atoms with E-state index < -0.39 is 6.10 Å². The first-order chi connectivity index (χ1) is 6.65. The molecule has 0 amide bonds. The van der Waals surface area contributed by atoms with Gasteiger partial charge in [0.25, 0.3) is 0 Å². The van der Waals surface area contributed by atoms with Crippen LogP contribution in [-0.4, -0.2) is 11.7 Å². The maximum absolute atomic E-state index is 9.55. The van der Waals surface area contributed by atoms with Gasteiger partial charge in [0.15, 0.2) is 0 Å². The quantitative estimate of drug-likeness (QED) is 0.798. The van der Waals surface area contributed by atoms with Crippen molar-refractivity contribution in [2.75, 3.05) is 6.61 Å². The highest BCUT2D eigenvalue weighted by molar-refractivity contribution is 5.38. The molecule has 1 rings (SSSR count). The number of aliphatic hydroxyl groups is 1. The van der Waals surface area contributed by atoms with Crippen molar-refractivity contribution in [1.82, 2.24) is 0 Å². The summed E-state index contributed by atoms with van der Waals surface area (Å²) in [6.07, 6.45) is 0.509. The lowest BCUT2D eigenvalue weighted by molar-refractivity contribution is 0.191. The topological polar surface area (TPSA) is 29.5 Å². The van der Waals surface area contributed by atoms with Crippen LogP contribution in [0.1, 0.15) is 37.5 Å². The summed E-state index contributed by atoms with van der Waals surface area (Å²) in [5, 5.41) is 9.55. The first-order valence-electron chi connectivity index (χ1n) is 5.06. The molecule has 0 aliphatic heterocycles. The molecule has 1 aromatic rings. The molecule has 0 bridgehead atoms. The SMILES string of the molecule is CCCOc1ccc(C)cc1[C@H](C)O. The summed E-state index contributed by atoms with van der Waals surface area (Å²) in [4.78, 5) is 0. The predicted octanol–water partition coefficient (Wildman–Crippen LogP) is 2.84. The second-order valence-electron chi connectivity index (χ2n) is 3.57. The van der Waals surface area contributed by atoms with Crippen molar-refractivity contribution < 1.29 is 9.84 Å². The van der Waals surface area contributed by atoms with Crippen LogP contribution < -0.4 is 4.74 Å². The molecule has 0 saturated heterocycles. The molecule has 1 N–H and O–H groups in total. The van der Waals surface area contributed by atoms with Crippen LogP contribution in [0.4, 0.5) is 0 Å². The summed E-state index contributed by atoms with van der Waals surface area (Å²) in [5.74, 6) is 0.799. The van der Waals surface area contributed by atoms with E-state index in [1.54, 1.807) is 6.92 Å². The third kappa shape index (κ3) is 2.74. The van der Waals surface area contributed by atoms with Gasteiger partial charge in [-0.3, -0.25) is 0 Å². The molecule has 0 saturated carbocycles. The first kappa shape index (κ1) is 11.1. The highest BCUT2D eigenvalue weighted by atomic mass is 16.5. The zero-order chi connectivity index (χ0) is 10.6. The van der Waals surface area contributed by atoms with Crippen molar-refractivity contribution in [2.24, 2.45) is 0 Å². The van der Waals surface area contributed by atoms with Crippen molar-refractivity contribution >= 4 is 0 Å². The van der Waals surface area contributed by atoms with Gasteiger partial charge in [-0.25, -0.2) is 0 Å². The van der Waals surface area contributed by atoms with E-state index in [0.29, 0.717) is 6.61 Å². The second-order valence-corrected chi connectivity index (χ2v) is 3.57. The molecule has 2 heteroatoms. The van der Waals surface area contributed by atoms with Crippen LogP contribution >= 0.6 is 0 Å². The van der Waals surface area contributed by atoms with Crippen molar-refractivity contribution in [2.45, 2.75) is 33.3 Å². The lowest BCUT2D eigenvalue weighted by atomic mass is 10.1. The fourth-order valence-electron chi connectivity index (χ4n) is 1.34. The van der Waals surface area contributed by atoms with E-state index in [0.717, 1.165) is 23.3 Å². The van der Waals surface area contributed by atoms with E-state index in [9.17, 15) is 5.11 Å². The van der Waals surface area contributed by atoms with E-state index in [2.05, 4.69) is 6.92 Å². The van der Waals surface area contributed by atoms with Crippen LogP contribution in [0.2, 0.25) is 0 Å². The lowest BCUT2D eigenvalue weighted by Gasteiger charge is -2.13. The van der Waals surface area contributed by atoms with Crippen molar-refractivity contribution in [3.63, 3.8) is 0 Å². The Morgan fingerprint density at radius 1 is 1.43 bits per heavy atom. The minimum absolute atomic E-state index is 0.471. The van der Waals surface area contributed by atoms with Gasteiger partial charge in [-0.15, -0.1) is 0 Å². The van der Waals surface area contributed by atoms with E-state index in [1.165, 1.54) is 0 Å². The Labute approximate surface area is 85.5 Å². The van der Waals surface area contributed by atoms with Gasteiger partial charge in [-0.1, -0.05) is 18.6 Å². The summed E-state index contributed by atoms with van der Waals surface area (Å²) < 4.78 is 5.54. The van der Waals surface area contributed by atoms with Crippen LogP contribution in [0.25, 0.3) is 0 Å². The number of rotatable bonds is 4. The molecule has 14 heavy (non-hydrogen) atoms. The number of hydrogen-bond donors (Lipinski definition) is 1. The van der Waals surface area contributed by atoms with Gasteiger partial charge in [-0.2, -0.15) is 0 Å². The van der Waals surface area contributed by atoms with Gasteiger partial charge in [0.1, 0.15) is 5.75 Å². The van der Waals surface area contributed by atoms with Crippen molar-refractivity contribution in [3.05, 3.63) is 29.3 Å². The molecule has 0 heterocycles. The van der Waals surface area contributed by atoms with Crippen LogP contribution in [0.3, 0.4) is 0 Å². The van der Waals surface area contributed by atoms with Crippen LogP contribution in [-0.2, 0) is 0 Å². The van der Waals surface area contributed by atoms with E-state index in [4.69, 9.17) is 4.74 Å². The smallest absolute Gasteiger partial charge is 0.125 e. The Balaban J connectivity index is 2.90. The van der Waals surface area contributed by atoms with Gasteiger partial charge in [0.2, 0.25) is 0 Å². The Hall–Kier alpha value is -1.02. The van der Waals surface area contributed by atoms with Gasteiger partial charge in [-0.05, 0) is 32.4 Å². The number of hydrogen-bond acceptors (Lipinski definition) is 2. The largest absolute Gasteiger partial charge is 0.493 e. The predicted molar refractivity (Wildman–Crippen MR) is 57.6 cm³/mol.